The number of anilines is 1. The van der Waals surface area contributed by atoms with E-state index in [1.54, 1.807) is 6.26 Å². The summed E-state index contributed by atoms with van der Waals surface area (Å²) in [7, 11) is 1.99. The molecule has 0 atom stereocenters. The number of nitrogens with one attached hydrogen (secondary N) is 1. The SMILES string of the molecule is Cc1ccc(CN(C)c2nc(CNC(C)C)co2)cc1. The van der Waals surface area contributed by atoms with Crippen molar-refractivity contribution in [1.82, 2.24) is 10.3 Å². The van der Waals surface area contributed by atoms with E-state index >= 15 is 0 Å². The highest BCUT2D eigenvalue weighted by atomic mass is 16.4. The average molecular weight is 273 g/mol. The number of hydrogen-bond acceptors (Lipinski definition) is 4. The van der Waals surface area contributed by atoms with Crippen molar-refractivity contribution in [3.8, 4) is 0 Å². The molecule has 4 nitrogen and oxygen atoms in total. The summed E-state index contributed by atoms with van der Waals surface area (Å²) >= 11 is 0. The number of oxazole rings is 1. The Kier molecular flexibility index (Phi) is 4.79. The zero-order valence-electron chi connectivity index (χ0n) is 12.7. The average Bonchev–Trinajstić information content (AvgIpc) is 2.88. The molecule has 0 spiro atoms. The van der Waals surface area contributed by atoms with Gasteiger partial charge in [-0.2, -0.15) is 4.98 Å². The van der Waals surface area contributed by atoms with Crippen LogP contribution in [0.1, 0.15) is 30.7 Å². The topological polar surface area (TPSA) is 41.3 Å². The lowest BCUT2D eigenvalue weighted by atomic mass is 10.1. The molecular formula is C16H23N3O. The van der Waals surface area contributed by atoms with Crippen molar-refractivity contribution in [1.29, 1.82) is 0 Å². The van der Waals surface area contributed by atoms with E-state index in [1.807, 2.05) is 11.9 Å². The molecule has 1 aromatic carbocycles. The van der Waals surface area contributed by atoms with Crippen LogP contribution in [-0.4, -0.2) is 18.1 Å². The maximum Gasteiger partial charge on any atom is 0.297 e. The van der Waals surface area contributed by atoms with Gasteiger partial charge in [-0.05, 0) is 12.5 Å². The highest BCUT2D eigenvalue weighted by Crippen LogP contribution is 2.15. The van der Waals surface area contributed by atoms with Crippen LogP contribution in [0.3, 0.4) is 0 Å². The molecule has 0 aliphatic heterocycles. The van der Waals surface area contributed by atoms with Crippen LogP contribution in [0, 0.1) is 6.92 Å². The van der Waals surface area contributed by atoms with E-state index in [4.69, 9.17) is 4.42 Å². The van der Waals surface area contributed by atoms with Crippen LogP contribution in [0.4, 0.5) is 6.01 Å². The van der Waals surface area contributed by atoms with Gasteiger partial charge < -0.3 is 14.6 Å². The molecule has 2 rings (SSSR count). The zero-order valence-corrected chi connectivity index (χ0v) is 12.7. The molecule has 0 fully saturated rings. The van der Waals surface area contributed by atoms with Gasteiger partial charge in [0, 0.05) is 26.2 Å². The molecule has 1 N–H and O–H groups in total. The Bertz CT molecular complexity index is 531. The molecule has 0 aliphatic rings. The largest absolute Gasteiger partial charge is 0.432 e. The first-order chi connectivity index (χ1) is 9.54. The Hall–Kier alpha value is -1.81. The summed E-state index contributed by atoms with van der Waals surface area (Å²) in [4.78, 5) is 6.51. The number of aromatic nitrogens is 1. The summed E-state index contributed by atoms with van der Waals surface area (Å²) in [5.74, 6) is 0. The van der Waals surface area contributed by atoms with Gasteiger partial charge in [0.1, 0.15) is 6.26 Å². The van der Waals surface area contributed by atoms with Gasteiger partial charge in [0.25, 0.3) is 6.01 Å². The lowest BCUT2D eigenvalue weighted by Crippen LogP contribution is -2.22. The van der Waals surface area contributed by atoms with E-state index in [-0.39, 0.29) is 0 Å². The van der Waals surface area contributed by atoms with Gasteiger partial charge >= 0.3 is 0 Å². The predicted molar refractivity (Wildman–Crippen MR) is 81.8 cm³/mol. The number of nitrogens with zero attached hydrogens (tertiary/aromatic N) is 2. The summed E-state index contributed by atoms with van der Waals surface area (Å²) in [6, 6.07) is 9.62. The van der Waals surface area contributed by atoms with E-state index in [9.17, 15) is 0 Å². The number of hydrogen-bond donors (Lipinski definition) is 1. The van der Waals surface area contributed by atoms with Crippen LogP contribution in [0.5, 0.6) is 0 Å². The normalized spacial score (nSPS) is 11.1. The molecule has 0 radical (unpaired) electrons. The van der Waals surface area contributed by atoms with Gasteiger partial charge in [0.05, 0.1) is 5.69 Å². The Morgan fingerprint density at radius 3 is 2.60 bits per heavy atom. The molecule has 0 bridgehead atoms. The Morgan fingerprint density at radius 2 is 1.95 bits per heavy atom. The maximum atomic E-state index is 5.53. The van der Waals surface area contributed by atoms with Gasteiger partial charge in [0.2, 0.25) is 0 Å². The van der Waals surface area contributed by atoms with Crippen molar-refractivity contribution in [2.24, 2.45) is 0 Å². The van der Waals surface area contributed by atoms with E-state index < -0.39 is 0 Å². The molecule has 1 aromatic heterocycles. The van der Waals surface area contributed by atoms with Gasteiger partial charge in [0.15, 0.2) is 0 Å². The third-order valence-corrected chi connectivity index (χ3v) is 3.10. The van der Waals surface area contributed by atoms with E-state index in [2.05, 4.69) is 55.3 Å². The monoisotopic (exact) mass is 273 g/mol. The quantitative estimate of drug-likeness (QED) is 0.878. The molecule has 20 heavy (non-hydrogen) atoms. The van der Waals surface area contributed by atoms with Crippen molar-refractivity contribution in [3.05, 3.63) is 47.3 Å². The van der Waals surface area contributed by atoms with E-state index in [0.29, 0.717) is 12.1 Å². The van der Waals surface area contributed by atoms with Crippen molar-refractivity contribution in [2.75, 3.05) is 11.9 Å². The number of rotatable bonds is 6. The molecule has 0 saturated carbocycles. The summed E-state index contributed by atoms with van der Waals surface area (Å²) in [6.45, 7) is 7.85. The fourth-order valence-electron chi connectivity index (χ4n) is 1.90. The van der Waals surface area contributed by atoms with E-state index in [0.717, 1.165) is 18.8 Å². The summed E-state index contributed by atoms with van der Waals surface area (Å²) in [5.41, 5.74) is 3.46. The first kappa shape index (κ1) is 14.6. The highest BCUT2D eigenvalue weighted by Gasteiger charge is 2.09. The van der Waals surface area contributed by atoms with Gasteiger partial charge in [-0.15, -0.1) is 0 Å². The van der Waals surface area contributed by atoms with Crippen LogP contribution < -0.4 is 10.2 Å². The van der Waals surface area contributed by atoms with Gasteiger partial charge in [-0.3, -0.25) is 0 Å². The summed E-state index contributed by atoms with van der Waals surface area (Å²) < 4.78 is 5.53. The molecule has 1 heterocycles. The molecule has 4 heteroatoms. The predicted octanol–water partition coefficient (Wildman–Crippen LogP) is 3.12. The maximum absolute atomic E-state index is 5.53. The first-order valence-corrected chi connectivity index (χ1v) is 6.99. The van der Waals surface area contributed by atoms with E-state index in [1.165, 1.54) is 11.1 Å². The second kappa shape index (κ2) is 6.57. The third-order valence-electron chi connectivity index (χ3n) is 3.10. The van der Waals surface area contributed by atoms with Crippen LogP contribution in [0.2, 0.25) is 0 Å². The van der Waals surface area contributed by atoms with Crippen LogP contribution in [-0.2, 0) is 13.1 Å². The highest BCUT2D eigenvalue weighted by molar-refractivity contribution is 5.30. The Morgan fingerprint density at radius 1 is 1.25 bits per heavy atom. The first-order valence-electron chi connectivity index (χ1n) is 6.99. The minimum atomic E-state index is 0.445. The molecule has 0 saturated heterocycles. The molecule has 108 valence electrons. The van der Waals surface area contributed by atoms with Crippen molar-refractivity contribution < 1.29 is 4.42 Å². The van der Waals surface area contributed by atoms with Crippen molar-refractivity contribution in [2.45, 2.75) is 39.9 Å². The van der Waals surface area contributed by atoms with Crippen LogP contribution >= 0.6 is 0 Å². The zero-order chi connectivity index (χ0) is 14.5. The van der Waals surface area contributed by atoms with Crippen LogP contribution in [0.15, 0.2) is 34.9 Å². The standard InChI is InChI=1S/C16H23N3O/c1-12(2)17-9-15-11-20-16(18-15)19(4)10-14-7-5-13(3)6-8-14/h5-8,11-12,17H,9-10H2,1-4H3. The molecule has 0 amide bonds. The Labute approximate surface area is 120 Å². The lowest BCUT2D eigenvalue weighted by Gasteiger charge is -2.14. The van der Waals surface area contributed by atoms with Gasteiger partial charge in [-0.25, -0.2) is 0 Å². The molecule has 0 aliphatic carbocycles. The number of aryl methyl sites for hydroxylation is 1. The molecule has 2 aromatic rings. The minimum Gasteiger partial charge on any atom is -0.432 e. The lowest BCUT2D eigenvalue weighted by molar-refractivity contribution is 0.540. The fraction of sp³-hybridized carbons (Fsp3) is 0.438. The third kappa shape index (κ3) is 4.10. The summed E-state index contributed by atoms with van der Waals surface area (Å²) in [6.07, 6.45) is 1.72. The van der Waals surface area contributed by atoms with Gasteiger partial charge in [-0.1, -0.05) is 43.7 Å². The second-order valence-electron chi connectivity index (χ2n) is 5.50. The molecule has 0 unspecified atom stereocenters. The van der Waals surface area contributed by atoms with Crippen molar-refractivity contribution >= 4 is 6.01 Å². The van der Waals surface area contributed by atoms with Crippen molar-refractivity contribution in [3.63, 3.8) is 0 Å². The second-order valence-corrected chi connectivity index (χ2v) is 5.50. The minimum absolute atomic E-state index is 0.445. The molecular weight excluding hydrogens is 250 g/mol. The fourth-order valence-corrected chi connectivity index (χ4v) is 1.90. The summed E-state index contributed by atoms with van der Waals surface area (Å²) in [5, 5.41) is 3.33. The Balaban J connectivity index is 1.95. The smallest absolute Gasteiger partial charge is 0.297 e. The number of benzene rings is 1. The van der Waals surface area contributed by atoms with Crippen LogP contribution in [0.25, 0.3) is 0 Å².